The molecule has 9 heavy (non-hydrogen) atoms. The molecule has 0 fully saturated rings. The van der Waals surface area contributed by atoms with Crippen LogP contribution in [0.1, 0.15) is 5.56 Å². The molecular formula is C4H6N4O. The van der Waals surface area contributed by atoms with Gasteiger partial charge < -0.3 is 10.8 Å². The van der Waals surface area contributed by atoms with Gasteiger partial charge in [-0.1, -0.05) is 0 Å². The molecule has 1 rings (SSSR count). The molecule has 1 aromatic rings. The number of aromatic nitrogens is 2. The standard InChI is InChI=1S/C4H6N4O/c5-3(6)2-1-7-8-4(2)9/h1H,(H3,5,6)(H2,7,8,9). The number of nitrogen functional groups attached to an aromatic ring is 1. The fourth-order valence-corrected chi connectivity index (χ4v) is 0.481. The normalized spacial score (nSPS) is 9.33. The van der Waals surface area contributed by atoms with Crippen LogP contribution in [0.15, 0.2) is 6.20 Å². The van der Waals surface area contributed by atoms with Gasteiger partial charge in [0, 0.05) is 6.20 Å². The second kappa shape index (κ2) is 1.77. The van der Waals surface area contributed by atoms with Gasteiger partial charge in [-0.15, -0.1) is 5.10 Å². The van der Waals surface area contributed by atoms with Crippen molar-refractivity contribution in [3.8, 4) is 5.88 Å². The number of H-pyrrole nitrogens is 1. The van der Waals surface area contributed by atoms with Crippen LogP contribution >= 0.6 is 0 Å². The summed E-state index contributed by atoms with van der Waals surface area (Å²) in [7, 11) is 0. The highest BCUT2D eigenvalue weighted by Crippen LogP contribution is 2.08. The molecule has 5 heteroatoms. The summed E-state index contributed by atoms with van der Waals surface area (Å²) >= 11 is 0. The molecule has 48 valence electrons. The van der Waals surface area contributed by atoms with Crippen LogP contribution in [0.4, 0.5) is 0 Å². The number of rotatable bonds is 1. The largest absolute Gasteiger partial charge is 0.492 e. The molecule has 0 aromatic carbocycles. The van der Waals surface area contributed by atoms with Crippen LogP contribution in [0.2, 0.25) is 0 Å². The molecule has 5 N–H and O–H groups in total. The third-order valence-corrected chi connectivity index (χ3v) is 0.910. The number of aromatic amines is 1. The van der Waals surface area contributed by atoms with Gasteiger partial charge >= 0.3 is 0 Å². The molecule has 0 amide bonds. The monoisotopic (exact) mass is 126 g/mol. The second-order valence-electron chi connectivity index (χ2n) is 1.54. The number of nitrogens with two attached hydrogens (primary N) is 1. The van der Waals surface area contributed by atoms with Gasteiger partial charge in [0.25, 0.3) is 0 Å². The van der Waals surface area contributed by atoms with E-state index in [0.717, 1.165) is 0 Å². The van der Waals surface area contributed by atoms with Crippen LogP contribution in [0.5, 0.6) is 5.88 Å². The predicted octanol–water partition coefficient (Wildman–Crippen LogP) is -0.601. The number of nitrogens with one attached hydrogen (secondary N) is 2. The van der Waals surface area contributed by atoms with Crippen LogP contribution in [0.25, 0.3) is 0 Å². The Bertz CT molecular complexity index is 228. The first-order chi connectivity index (χ1) is 4.22. The second-order valence-corrected chi connectivity index (χ2v) is 1.54. The quantitative estimate of drug-likeness (QED) is 0.298. The fourth-order valence-electron chi connectivity index (χ4n) is 0.481. The van der Waals surface area contributed by atoms with Crippen molar-refractivity contribution in [2.24, 2.45) is 5.73 Å². The van der Waals surface area contributed by atoms with Crippen molar-refractivity contribution in [2.45, 2.75) is 0 Å². The van der Waals surface area contributed by atoms with Gasteiger partial charge in [-0.05, 0) is 0 Å². The lowest BCUT2D eigenvalue weighted by atomic mass is 10.3. The van der Waals surface area contributed by atoms with Gasteiger partial charge in [-0.2, -0.15) is 0 Å². The van der Waals surface area contributed by atoms with E-state index in [4.69, 9.17) is 16.2 Å². The maximum atomic E-state index is 8.76. The predicted molar refractivity (Wildman–Crippen MR) is 31.3 cm³/mol. The third-order valence-electron chi connectivity index (χ3n) is 0.910. The van der Waals surface area contributed by atoms with E-state index >= 15 is 0 Å². The van der Waals surface area contributed by atoms with Crippen LogP contribution in [-0.2, 0) is 0 Å². The Kier molecular flexibility index (Phi) is 1.11. The van der Waals surface area contributed by atoms with Crippen molar-refractivity contribution in [1.29, 1.82) is 5.41 Å². The average molecular weight is 126 g/mol. The molecule has 0 aliphatic carbocycles. The van der Waals surface area contributed by atoms with E-state index in [9.17, 15) is 0 Å². The molecule has 0 aliphatic heterocycles. The Hall–Kier alpha value is -1.52. The van der Waals surface area contributed by atoms with Gasteiger partial charge in [0.15, 0.2) is 0 Å². The Morgan fingerprint density at radius 2 is 2.56 bits per heavy atom. The van der Waals surface area contributed by atoms with Crippen molar-refractivity contribution in [2.75, 3.05) is 0 Å². The van der Waals surface area contributed by atoms with E-state index in [-0.39, 0.29) is 17.3 Å². The van der Waals surface area contributed by atoms with Crippen LogP contribution < -0.4 is 5.73 Å². The Balaban J connectivity index is 3.08. The molecule has 5 nitrogen and oxygen atoms in total. The summed E-state index contributed by atoms with van der Waals surface area (Å²) in [5.74, 6) is -0.427. The van der Waals surface area contributed by atoms with E-state index in [1.807, 2.05) is 0 Å². The molecule has 1 heterocycles. The summed E-state index contributed by atoms with van der Waals surface area (Å²) in [4.78, 5) is 0. The number of hydrogen-bond acceptors (Lipinski definition) is 3. The molecule has 0 radical (unpaired) electrons. The van der Waals surface area contributed by atoms with Gasteiger partial charge in [0.2, 0.25) is 5.88 Å². The molecule has 0 spiro atoms. The van der Waals surface area contributed by atoms with Gasteiger partial charge in [0.1, 0.15) is 5.84 Å². The first-order valence-electron chi connectivity index (χ1n) is 2.29. The summed E-state index contributed by atoms with van der Waals surface area (Å²) in [6, 6.07) is 0. The van der Waals surface area contributed by atoms with E-state index in [1.54, 1.807) is 0 Å². The fraction of sp³-hybridized carbons (Fsp3) is 0. The third kappa shape index (κ3) is 0.835. The van der Waals surface area contributed by atoms with Crippen molar-refractivity contribution < 1.29 is 5.11 Å². The molecule has 0 aliphatic rings. The Morgan fingerprint density at radius 1 is 1.89 bits per heavy atom. The maximum absolute atomic E-state index is 8.76. The minimum Gasteiger partial charge on any atom is -0.492 e. The molecule has 0 atom stereocenters. The average Bonchev–Trinajstić information content (AvgIpc) is 2.13. The summed E-state index contributed by atoms with van der Waals surface area (Å²) in [6.45, 7) is 0. The Labute approximate surface area is 51.0 Å². The van der Waals surface area contributed by atoms with Crippen molar-refractivity contribution in [3.05, 3.63) is 11.8 Å². The maximum Gasteiger partial charge on any atom is 0.241 e. The van der Waals surface area contributed by atoms with Gasteiger partial charge in [-0.25, -0.2) is 0 Å². The van der Waals surface area contributed by atoms with Crippen LogP contribution in [0, 0.1) is 5.41 Å². The van der Waals surface area contributed by atoms with Crippen molar-refractivity contribution in [3.63, 3.8) is 0 Å². The minimum absolute atomic E-state index is 0.193. The lowest BCUT2D eigenvalue weighted by Crippen LogP contribution is -2.09. The highest BCUT2D eigenvalue weighted by Gasteiger charge is 2.04. The van der Waals surface area contributed by atoms with E-state index < -0.39 is 0 Å². The Morgan fingerprint density at radius 3 is 2.78 bits per heavy atom. The number of aromatic hydroxyl groups is 1. The first-order valence-corrected chi connectivity index (χ1v) is 2.29. The molecule has 0 unspecified atom stereocenters. The van der Waals surface area contributed by atoms with E-state index in [0.29, 0.717) is 0 Å². The highest BCUT2D eigenvalue weighted by atomic mass is 16.3. The minimum atomic E-state index is -0.234. The van der Waals surface area contributed by atoms with Gasteiger partial charge in [-0.3, -0.25) is 10.5 Å². The summed E-state index contributed by atoms with van der Waals surface area (Å²) in [6.07, 6.45) is 1.36. The van der Waals surface area contributed by atoms with Crippen molar-refractivity contribution in [1.82, 2.24) is 10.2 Å². The molecule has 0 saturated heterocycles. The van der Waals surface area contributed by atoms with Crippen LogP contribution in [-0.4, -0.2) is 21.1 Å². The van der Waals surface area contributed by atoms with E-state index in [1.165, 1.54) is 6.20 Å². The summed E-state index contributed by atoms with van der Waals surface area (Å²) < 4.78 is 0. The summed E-state index contributed by atoms with van der Waals surface area (Å²) in [5.41, 5.74) is 5.25. The zero-order chi connectivity index (χ0) is 6.85. The SMILES string of the molecule is N=C(N)c1c[nH]nc1O. The topological polar surface area (TPSA) is 98.8 Å². The zero-order valence-electron chi connectivity index (χ0n) is 4.55. The number of nitrogens with zero attached hydrogens (tertiary/aromatic N) is 1. The number of hydrogen-bond donors (Lipinski definition) is 4. The molecular weight excluding hydrogens is 120 g/mol. The molecule has 0 saturated carbocycles. The lowest BCUT2D eigenvalue weighted by Gasteiger charge is -1.88. The smallest absolute Gasteiger partial charge is 0.241 e. The molecule has 0 bridgehead atoms. The summed E-state index contributed by atoms with van der Waals surface area (Å²) in [5, 5.41) is 21.3. The molecule has 1 aromatic heterocycles. The van der Waals surface area contributed by atoms with Gasteiger partial charge in [0.05, 0.1) is 5.56 Å². The first kappa shape index (κ1) is 5.61. The zero-order valence-corrected chi connectivity index (χ0v) is 4.55. The lowest BCUT2D eigenvalue weighted by molar-refractivity contribution is 0.451. The number of amidine groups is 1. The van der Waals surface area contributed by atoms with Crippen LogP contribution in [0.3, 0.4) is 0 Å². The van der Waals surface area contributed by atoms with Crippen molar-refractivity contribution >= 4 is 5.84 Å². The van der Waals surface area contributed by atoms with E-state index in [2.05, 4.69) is 10.2 Å². The highest BCUT2D eigenvalue weighted by molar-refractivity contribution is 5.96.